The highest BCUT2D eigenvalue weighted by Gasteiger charge is 2.46. The number of aliphatic imine (C=N–C) groups is 1. The van der Waals surface area contributed by atoms with E-state index in [0.29, 0.717) is 42.2 Å². The molecule has 1 fully saturated rings. The van der Waals surface area contributed by atoms with E-state index in [1.165, 1.54) is 0 Å². The number of hydrogen-bond donors (Lipinski definition) is 0. The fourth-order valence-electron chi connectivity index (χ4n) is 5.09. The quantitative estimate of drug-likeness (QED) is 0.359. The first-order valence-electron chi connectivity index (χ1n) is 12.8. The minimum atomic E-state index is -0.487. The molecule has 0 radical (unpaired) electrons. The lowest BCUT2D eigenvalue weighted by atomic mass is 9.66. The molecule has 2 aromatic rings. The van der Waals surface area contributed by atoms with Crippen molar-refractivity contribution in [2.75, 3.05) is 6.61 Å². The number of esters is 1. The van der Waals surface area contributed by atoms with Gasteiger partial charge in [-0.2, -0.15) is 0 Å². The summed E-state index contributed by atoms with van der Waals surface area (Å²) in [5.41, 5.74) is 3.90. The van der Waals surface area contributed by atoms with Crippen LogP contribution in [0.15, 0.2) is 64.8 Å². The van der Waals surface area contributed by atoms with Crippen molar-refractivity contribution >= 4 is 29.1 Å². The Labute approximate surface area is 218 Å². The molecule has 5 nitrogen and oxygen atoms in total. The Morgan fingerprint density at radius 3 is 2.33 bits per heavy atom. The molecule has 0 aromatic heterocycles. The zero-order valence-corrected chi connectivity index (χ0v) is 22.2. The summed E-state index contributed by atoms with van der Waals surface area (Å²) in [5, 5.41) is 0.670. The lowest BCUT2D eigenvalue weighted by Crippen LogP contribution is -2.41. The molecule has 1 heterocycles. The van der Waals surface area contributed by atoms with E-state index in [9.17, 15) is 9.59 Å². The average Bonchev–Trinajstić information content (AvgIpc) is 2.87. The van der Waals surface area contributed by atoms with Gasteiger partial charge in [0.15, 0.2) is 0 Å². The van der Waals surface area contributed by atoms with Crippen LogP contribution in [0.3, 0.4) is 0 Å². The molecule has 2 aromatic carbocycles. The average molecular weight is 508 g/mol. The molecule has 1 saturated carbocycles. The van der Waals surface area contributed by atoms with Crippen LogP contribution in [-0.2, 0) is 14.3 Å². The van der Waals surface area contributed by atoms with Gasteiger partial charge in [-0.05, 0) is 74.4 Å². The first-order chi connectivity index (χ1) is 17.3. The number of Topliss-reactive ketones (excluding diaryl/α,β-unsaturated/α-hetero) is 1. The summed E-state index contributed by atoms with van der Waals surface area (Å²) in [4.78, 5) is 31.9. The SMILES string of the molecule is CCCOc1ccc([C@@H]2C(C(=O)O[C@@H](C)CC)=C(C)N=C3C[C@H](c4ccc(Cl)cc4)CC(=O)C32)cc1. The summed E-state index contributed by atoms with van der Waals surface area (Å²) in [7, 11) is 0. The standard InChI is InChI=1S/C30H34ClNO4/c1-5-15-35-24-13-9-21(10-14-24)28-27(30(34)36-18(3)6-2)19(4)32-25-16-22(17-26(33)29(25)28)20-7-11-23(31)12-8-20/h7-14,18,22,28-29H,5-6,15-17H2,1-4H3/t18-,22-,28+,29?/m0/s1. The summed E-state index contributed by atoms with van der Waals surface area (Å²) in [6.45, 7) is 8.40. The van der Waals surface area contributed by atoms with Gasteiger partial charge in [-0.1, -0.05) is 49.7 Å². The van der Waals surface area contributed by atoms with Crippen LogP contribution in [0.1, 0.15) is 76.3 Å². The molecule has 0 N–H and O–H groups in total. The third-order valence-electron chi connectivity index (χ3n) is 7.11. The van der Waals surface area contributed by atoms with E-state index in [0.717, 1.165) is 29.0 Å². The molecule has 1 aliphatic heterocycles. The summed E-state index contributed by atoms with van der Waals surface area (Å²) in [5.74, 6) is -0.414. The predicted octanol–water partition coefficient (Wildman–Crippen LogP) is 7.05. The van der Waals surface area contributed by atoms with E-state index >= 15 is 0 Å². The van der Waals surface area contributed by atoms with Gasteiger partial charge >= 0.3 is 5.97 Å². The zero-order valence-electron chi connectivity index (χ0n) is 21.4. The topological polar surface area (TPSA) is 65.0 Å². The Hall–Kier alpha value is -2.92. The summed E-state index contributed by atoms with van der Waals surface area (Å²) in [6.07, 6.45) is 2.48. The van der Waals surface area contributed by atoms with Crippen LogP contribution in [0.25, 0.3) is 0 Å². The van der Waals surface area contributed by atoms with Crippen molar-refractivity contribution in [3.63, 3.8) is 0 Å². The molecule has 6 heteroatoms. The third-order valence-corrected chi connectivity index (χ3v) is 7.36. The first-order valence-corrected chi connectivity index (χ1v) is 13.2. The van der Waals surface area contributed by atoms with Crippen molar-refractivity contribution in [2.45, 2.75) is 71.3 Å². The molecule has 0 saturated heterocycles. The number of carbonyl (C=O) groups excluding carboxylic acids is 2. The number of halogens is 1. The zero-order chi connectivity index (χ0) is 25.8. The van der Waals surface area contributed by atoms with E-state index in [4.69, 9.17) is 26.1 Å². The number of carbonyl (C=O) groups is 2. The fraction of sp³-hybridized carbons (Fsp3) is 0.433. The Morgan fingerprint density at radius 2 is 1.69 bits per heavy atom. The van der Waals surface area contributed by atoms with Gasteiger partial charge in [0.25, 0.3) is 0 Å². The van der Waals surface area contributed by atoms with Crippen LogP contribution in [0.2, 0.25) is 5.02 Å². The van der Waals surface area contributed by atoms with E-state index in [1.807, 2.05) is 69.3 Å². The second-order valence-corrected chi connectivity index (χ2v) is 10.2. The number of allylic oxidation sites excluding steroid dienone is 1. The molecule has 2 aliphatic rings. The molecule has 4 atom stereocenters. The Balaban J connectivity index is 1.73. The highest BCUT2D eigenvalue weighted by atomic mass is 35.5. The van der Waals surface area contributed by atoms with Crippen molar-refractivity contribution in [3.8, 4) is 5.75 Å². The number of ketones is 1. The largest absolute Gasteiger partial charge is 0.494 e. The number of hydrogen-bond acceptors (Lipinski definition) is 5. The third kappa shape index (κ3) is 5.57. The van der Waals surface area contributed by atoms with Crippen molar-refractivity contribution in [1.29, 1.82) is 0 Å². The molecular formula is C30H34ClNO4. The Kier molecular flexibility index (Phi) is 8.30. The molecule has 1 unspecified atom stereocenters. The van der Waals surface area contributed by atoms with Crippen LogP contribution in [-0.4, -0.2) is 30.2 Å². The molecule has 0 amide bonds. The molecule has 190 valence electrons. The van der Waals surface area contributed by atoms with E-state index in [2.05, 4.69) is 6.92 Å². The van der Waals surface area contributed by atoms with Crippen molar-refractivity contribution in [3.05, 3.63) is 76.0 Å². The molecule has 1 aliphatic carbocycles. The fourth-order valence-corrected chi connectivity index (χ4v) is 5.22. The second-order valence-electron chi connectivity index (χ2n) is 9.72. The Morgan fingerprint density at radius 1 is 1.03 bits per heavy atom. The molecule has 4 rings (SSSR count). The number of benzene rings is 2. The summed E-state index contributed by atoms with van der Waals surface area (Å²) >= 11 is 6.08. The van der Waals surface area contributed by atoms with Crippen LogP contribution >= 0.6 is 11.6 Å². The maximum Gasteiger partial charge on any atom is 0.336 e. The minimum absolute atomic E-state index is 0.0386. The molecule has 0 spiro atoms. The monoisotopic (exact) mass is 507 g/mol. The second kappa shape index (κ2) is 11.4. The van der Waals surface area contributed by atoms with Crippen LogP contribution < -0.4 is 4.74 Å². The first kappa shape index (κ1) is 26.2. The van der Waals surface area contributed by atoms with Gasteiger partial charge in [-0.15, -0.1) is 0 Å². The van der Waals surface area contributed by atoms with Crippen LogP contribution in [0, 0.1) is 5.92 Å². The van der Waals surface area contributed by atoms with E-state index in [1.54, 1.807) is 0 Å². The molecule has 36 heavy (non-hydrogen) atoms. The van der Waals surface area contributed by atoms with Gasteiger partial charge in [0.05, 0.1) is 24.2 Å². The number of rotatable bonds is 8. The number of ether oxygens (including phenoxy) is 2. The van der Waals surface area contributed by atoms with Gasteiger partial charge < -0.3 is 9.47 Å². The van der Waals surface area contributed by atoms with Crippen molar-refractivity contribution in [1.82, 2.24) is 0 Å². The van der Waals surface area contributed by atoms with Crippen molar-refractivity contribution in [2.24, 2.45) is 10.9 Å². The smallest absolute Gasteiger partial charge is 0.336 e. The number of nitrogens with zero attached hydrogens (tertiary/aromatic N) is 1. The molecule has 0 bridgehead atoms. The minimum Gasteiger partial charge on any atom is -0.494 e. The highest BCUT2D eigenvalue weighted by Crippen LogP contribution is 2.46. The van der Waals surface area contributed by atoms with Crippen molar-refractivity contribution < 1.29 is 19.1 Å². The van der Waals surface area contributed by atoms with Crippen LogP contribution in [0.4, 0.5) is 0 Å². The van der Waals surface area contributed by atoms with Gasteiger partial charge in [-0.3, -0.25) is 9.79 Å². The summed E-state index contributed by atoms with van der Waals surface area (Å²) in [6, 6.07) is 15.4. The maximum absolute atomic E-state index is 13.7. The van der Waals surface area contributed by atoms with Gasteiger partial charge in [-0.25, -0.2) is 4.79 Å². The van der Waals surface area contributed by atoms with Crippen LogP contribution in [0.5, 0.6) is 5.75 Å². The van der Waals surface area contributed by atoms with E-state index in [-0.39, 0.29) is 17.8 Å². The van der Waals surface area contributed by atoms with Gasteiger partial charge in [0.1, 0.15) is 11.5 Å². The number of fused-ring (bicyclic) bond motifs is 1. The summed E-state index contributed by atoms with van der Waals surface area (Å²) < 4.78 is 11.5. The maximum atomic E-state index is 13.7. The van der Waals surface area contributed by atoms with Gasteiger partial charge in [0, 0.05) is 28.8 Å². The Bertz CT molecular complexity index is 1170. The highest BCUT2D eigenvalue weighted by molar-refractivity contribution is 6.30. The lowest BCUT2D eigenvalue weighted by Gasteiger charge is -2.38. The van der Waals surface area contributed by atoms with Gasteiger partial charge in [0.2, 0.25) is 0 Å². The molecular weight excluding hydrogens is 474 g/mol. The normalized spacial score (nSPS) is 22.5. The van der Waals surface area contributed by atoms with E-state index < -0.39 is 17.8 Å². The predicted molar refractivity (Wildman–Crippen MR) is 143 cm³/mol. The lowest BCUT2D eigenvalue weighted by molar-refractivity contribution is -0.144.